The van der Waals surface area contributed by atoms with Crippen LogP contribution in [0.5, 0.6) is 0 Å². The van der Waals surface area contributed by atoms with E-state index in [1.807, 2.05) is 41.1 Å². The molecule has 1 aliphatic rings. The van der Waals surface area contributed by atoms with E-state index < -0.39 is 0 Å². The Balaban J connectivity index is 1.40. The van der Waals surface area contributed by atoms with Gasteiger partial charge >= 0.3 is 0 Å². The zero-order valence-electron chi connectivity index (χ0n) is 15.9. The number of nitrogens with zero attached hydrogens (tertiary/aromatic N) is 6. The van der Waals surface area contributed by atoms with Crippen molar-refractivity contribution in [3.63, 3.8) is 0 Å². The lowest BCUT2D eigenvalue weighted by atomic mass is 10.0. The molecule has 3 aromatic heterocycles. The van der Waals surface area contributed by atoms with Gasteiger partial charge in [-0.05, 0) is 43.2 Å². The molecule has 5 rings (SSSR count). The van der Waals surface area contributed by atoms with Crippen molar-refractivity contribution >= 4 is 11.6 Å². The lowest BCUT2D eigenvalue weighted by Gasteiger charge is -2.09. The molecule has 0 N–H and O–H groups in total. The number of rotatable bonds is 6. The van der Waals surface area contributed by atoms with Crippen molar-refractivity contribution < 1.29 is 4.52 Å². The van der Waals surface area contributed by atoms with Crippen molar-refractivity contribution in [1.29, 1.82) is 0 Å². The largest absolute Gasteiger partial charge is 0.334 e. The fourth-order valence-electron chi connectivity index (χ4n) is 3.46. The smallest absolute Gasteiger partial charge is 0.257 e. The van der Waals surface area contributed by atoms with Crippen molar-refractivity contribution in [2.75, 3.05) is 0 Å². The third-order valence-electron chi connectivity index (χ3n) is 5.10. The van der Waals surface area contributed by atoms with Gasteiger partial charge in [-0.15, -0.1) is 5.10 Å². The van der Waals surface area contributed by atoms with Crippen LogP contribution in [0.4, 0.5) is 0 Å². The van der Waals surface area contributed by atoms with E-state index in [0.717, 1.165) is 16.9 Å². The molecule has 0 aliphatic heterocycles. The number of hydrogen-bond donors (Lipinski definition) is 0. The molecule has 29 heavy (non-hydrogen) atoms. The van der Waals surface area contributed by atoms with Crippen LogP contribution in [0.3, 0.4) is 0 Å². The van der Waals surface area contributed by atoms with Crippen LogP contribution in [0, 0.1) is 0 Å². The second-order valence-corrected chi connectivity index (χ2v) is 7.82. The summed E-state index contributed by atoms with van der Waals surface area (Å²) in [5.41, 5.74) is 3.97. The van der Waals surface area contributed by atoms with E-state index in [1.54, 1.807) is 12.4 Å². The number of benzene rings is 1. The normalized spacial score (nSPS) is 14.8. The third kappa shape index (κ3) is 3.65. The van der Waals surface area contributed by atoms with E-state index in [0.29, 0.717) is 29.1 Å². The molecule has 4 aromatic rings. The molecule has 0 amide bonds. The molecule has 8 heteroatoms. The van der Waals surface area contributed by atoms with Crippen molar-refractivity contribution in [3.05, 3.63) is 71.0 Å². The van der Waals surface area contributed by atoms with Gasteiger partial charge in [0.05, 0.1) is 17.1 Å². The van der Waals surface area contributed by atoms with Crippen LogP contribution >= 0.6 is 11.6 Å². The van der Waals surface area contributed by atoms with Crippen LogP contribution in [-0.4, -0.2) is 30.1 Å². The van der Waals surface area contributed by atoms with Crippen molar-refractivity contribution in [3.8, 4) is 17.1 Å². The van der Waals surface area contributed by atoms with Crippen molar-refractivity contribution in [2.45, 2.75) is 38.0 Å². The predicted octanol–water partition coefficient (Wildman–Crippen LogP) is 4.59. The minimum Gasteiger partial charge on any atom is -0.334 e. The molecule has 7 nitrogen and oxygen atoms in total. The van der Waals surface area contributed by atoms with Crippen LogP contribution in [0.25, 0.3) is 17.1 Å². The van der Waals surface area contributed by atoms with Crippen LogP contribution in [0.2, 0.25) is 5.02 Å². The molecule has 1 unspecified atom stereocenters. The average molecular weight is 407 g/mol. The Morgan fingerprint density at radius 2 is 2.03 bits per heavy atom. The predicted molar refractivity (Wildman–Crippen MR) is 108 cm³/mol. The van der Waals surface area contributed by atoms with Gasteiger partial charge in [0.1, 0.15) is 0 Å². The van der Waals surface area contributed by atoms with Crippen LogP contribution < -0.4 is 0 Å². The maximum Gasteiger partial charge on any atom is 0.257 e. The summed E-state index contributed by atoms with van der Waals surface area (Å²) in [6.07, 6.45) is 6.58. The van der Waals surface area contributed by atoms with Gasteiger partial charge in [-0.3, -0.25) is 4.98 Å². The van der Waals surface area contributed by atoms with Crippen LogP contribution in [-0.2, 0) is 6.42 Å². The number of halogens is 1. The highest BCUT2D eigenvalue weighted by atomic mass is 35.5. The lowest BCUT2D eigenvalue weighted by molar-refractivity contribution is 0.417. The van der Waals surface area contributed by atoms with Crippen LogP contribution in [0.1, 0.15) is 48.8 Å². The molecule has 0 saturated heterocycles. The van der Waals surface area contributed by atoms with E-state index >= 15 is 0 Å². The molecule has 1 atom stereocenters. The molecule has 0 radical (unpaired) electrons. The Hall–Kier alpha value is -3.06. The molecular weight excluding hydrogens is 388 g/mol. The quantitative estimate of drug-likeness (QED) is 0.465. The summed E-state index contributed by atoms with van der Waals surface area (Å²) in [5, 5.41) is 13.7. The Labute approximate surface area is 172 Å². The van der Waals surface area contributed by atoms with Gasteiger partial charge in [-0.1, -0.05) is 35.0 Å². The third-order valence-corrected chi connectivity index (χ3v) is 5.34. The summed E-state index contributed by atoms with van der Waals surface area (Å²) in [4.78, 5) is 8.66. The fourth-order valence-corrected chi connectivity index (χ4v) is 3.65. The van der Waals surface area contributed by atoms with Crippen molar-refractivity contribution in [1.82, 2.24) is 30.1 Å². The van der Waals surface area contributed by atoms with E-state index in [9.17, 15) is 0 Å². The Morgan fingerprint density at radius 3 is 2.79 bits per heavy atom. The molecule has 0 bridgehead atoms. The van der Waals surface area contributed by atoms with E-state index in [4.69, 9.17) is 16.1 Å². The van der Waals surface area contributed by atoms with Gasteiger partial charge in [-0.25, -0.2) is 4.68 Å². The summed E-state index contributed by atoms with van der Waals surface area (Å²) >= 11 is 6.07. The van der Waals surface area contributed by atoms with Gasteiger partial charge in [0, 0.05) is 41.2 Å². The SMILES string of the molecule is CC(Cc1nnn(-c2ccncc2)c1C1CC1)c1noc(-c2cccc(Cl)c2)n1. The van der Waals surface area contributed by atoms with Gasteiger partial charge in [-0.2, -0.15) is 4.98 Å². The zero-order chi connectivity index (χ0) is 19.8. The standard InChI is InChI=1S/C21H19ClN6O/c1-13(20-24-21(29-26-20)15-3-2-4-16(22)12-15)11-18-19(14-5-6-14)28(27-25-18)17-7-9-23-10-8-17/h2-4,7-10,12-14H,5-6,11H2,1H3. The second-order valence-electron chi connectivity index (χ2n) is 7.39. The van der Waals surface area contributed by atoms with Gasteiger partial charge < -0.3 is 4.52 Å². The molecule has 0 spiro atoms. The maximum atomic E-state index is 6.07. The molecule has 1 aliphatic carbocycles. The van der Waals surface area contributed by atoms with Gasteiger partial charge in [0.15, 0.2) is 5.82 Å². The average Bonchev–Trinajstić information content (AvgIpc) is 3.29. The lowest BCUT2D eigenvalue weighted by Crippen LogP contribution is -2.06. The summed E-state index contributed by atoms with van der Waals surface area (Å²) in [5.74, 6) is 1.68. The van der Waals surface area contributed by atoms with E-state index in [2.05, 4.69) is 32.4 Å². The highest BCUT2D eigenvalue weighted by Gasteiger charge is 2.32. The molecule has 1 fully saturated rings. The molecule has 3 heterocycles. The zero-order valence-corrected chi connectivity index (χ0v) is 16.6. The Bertz CT molecular complexity index is 1140. The van der Waals surface area contributed by atoms with E-state index in [-0.39, 0.29) is 5.92 Å². The highest BCUT2D eigenvalue weighted by molar-refractivity contribution is 6.30. The Kier molecular flexibility index (Phi) is 4.60. The second kappa shape index (κ2) is 7.40. The number of aromatic nitrogens is 6. The van der Waals surface area contributed by atoms with Crippen LogP contribution in [0.15, 0.2) is 53.3 Å². The molecule has 1 saturated carbocycles. The fraction of sp³-hybridized carbons (Fsp3) is 0.286. The summed E-state index contributed by atoms with van der Waals surface area (Å²) in [6.45, 7) is 2.08. The monoisotopic (exact) mass is 406 g/mol. The number of hydrogen-bond acceptors (Lipinski definition) is 6. The highest BCUT2D eigenvalue weighted by Crippen LogP contribution is 2.42. The molecular formula is C21H19ClN6O. The minimum atomic E-state index is 0.0479. The minimum absolute atomic E-state index is 0.0479. The first-order valence-electron chi connectivity index (χ1n) is 9.63. The first-order valence-corrected chi connectivity index (χ1v) is 10.0. The summed E-state index contributed by atoms with van der Waals surface area (Å²) in [6, 6.07) is 11.3. The molecule has 146 valence electrons. The summed E-state index contributed by atoms with van der Waals surface area (Å²) < 4.78 is 7.40. The Morgan fingerprint density at radius 1 is 1.21 bits per heavy atom. The number of pyridine rings is 1. The van der Waals surface area contributed by atoms with E-state index in [1.165, 1.54) is 18.5 Å². The van der Waals surface area contributed by atoms with Gasteiger partial charge in [0.2, 0.25) is 0 Å². The van der Waals surface area contributed by atoms with Crippen molar-refractivity contribution in [2.24, 2.45) is 0 Å². The first-order chi connectivity index (χ1) is 14.2. The topological polar surface area (TPSA) is 82.5 Å². The maximum absolute atomic E-state index is 6.07. The molecule has 1 aromatic carbocycles. The van der Waals surface area contributed by atoms with Gasteiger partial charge in [0.25, 0.3) is 5.89 Å². The summed E-state index contributed by atoms with van der Waals surface area (Å²) in [7, 11) is 0. The first kappa shape index (κ1) is 18.0.